The number of aliphatic carboxylic acids is 1. The molecule has 2 unspecified atom stereocenters. The predicted molar refractivity (Wildman–Crippen MR) is 70.8 cm³/mol. The predicted octanol–water partition coefficient (Wildman–Crippen LogP) is 0.406. The van der Waals surface area contributed by atoms with E-state index in [1.54, 1.807) is 18.7 Å². The minimum Gasteiger partial charge on any atom is -0.480 e. The topological polar surface area (TPSA) is 98.7 Å². The second-order valence-electron chi connectivity index (χ2n) is 4.35. The first-order valence-electron chi connectivity index (χ1n) is 6.39. The fraction of sp³-hybridized carbons (Fsp3) is 0.750. The molecule has 7 nitrogen and oxygen atoms in total. The van der Waals surface area contributed by atoms with Crippen LogP contribution in [0.4, 0.5) is 4.79 Å². The molecule has 0 saturated heterocycles. The van der Waals surface area contributed by atoms with Gasteiger partial charge in [-0.15, -0.1) is 0 Å². The molecule has 0 aromatic heterocycles. The zero-order valence-electron chi connectivity index (χ0n) is 11.9. The molecule has 110 valence electrons. The third kappa shape index (κ3) is 6.19. The van der Waals surface area contributed by atoms with Crippen molar-refractivity contribution in [3.63, 3.8) is 0 Å². The standard InChI is InChI=1S/C12H23N3O4/c1-5-8(3)15(7-10(16)17)9(4)11(18)14-12(19)13-6-2/h8-9H,5-7H2,1-4H3,(H,16,17)(H2,13,14,18,19). The summed E-state index contributed by atoms with van der Waals surface area (Å²) in [4.78, 5) is 35.5. The summed E-state index contributed by atoms with van der Waals surface area (Å²) in [7, 11) is 0. The van der Waals surface area contributed by atoms with Gasteiger partial charge in [-0.2, -0.15) is 0 Å². The number of carboxylic acids is 1. The highest BCUT2D eigenvalue weighted by atomic mass is 16.4. The van der Waals surface area contributed by atoms with Crippen molar-refractivity contribution in [2.24, 2.45) is 0 Å². The van der Waals surface area contributed by atoms with Crippen LogP contribution < -0.4 is 10.6 Å². The van der Waals surface area contributed by atoms with Crippen LogP contribution in [0.5, 0.6) is 0 Å². The summed E-state index contributed by atoms with van der Waals surface area (Å²) in [5, 5.41) is 13.5. The van der Waals surface area contributed by atoms with Crippen LogP contribution >= 0.6 is 0 Å². The average molecular weight is 273 g/mol. The zero-order valence-corrected chi connectivity index (χ0v) is 11.9. The van der Waals surface area contributed by atoms with Crippen molar-refractivity contribution in [2.45, 2.75) is 46.2 Å². The Morgan fingerprint density at radius 1 is 1.21 bits per heavy atom. The fourth-order valence-electron chi connectivity index (χ4n) is 1.64. The lowest BCUT2D eigenvalue weighted by Crippen LogP contribution is -2.53. The van der Waals surface area contributed by atoms with Gasteiger partial charge in [0, 0.05) is 12.6 Å². The Kier molecular flexibility index (Phi) is 7.74. The zero-order chi connectivity index (χ0) is 15.0. The van der Waals surface area contributed by atoms with E-state index in [-0.39, 0.29) is 12.6 Å². The van der Waals surface area contributed by atoms with Crippen molar-refractivity contribution in [1.29, 1.82) is 0 Å². The third-order valence-corrected chi connectivity index (χ3v) is 2.93. The molecule has 0 radical (unpaired) electrons. The largest absolute Gasteiger partial charge is 0.480 e. The number of imide groups is 1. The molecule has 7 heteroatoms. The number of nitrogens with zero attached hydrogens (tertiary/aromatic N) is 1. The van der Waals surface area contributed by atoms with Gasteiger partial charge in [-0.05, 0) is 27.2 Å². The number of hydrogen-bond acceptors (Lipinski definition) is 4. The van der Waals surface area contributed by atoms with Gasteiger partial charge in [0.2, 0.25) is 5.91 Å². The Hall–Kier alpha value is -1.63. The van der Waals surface area contributed by atoms with Gasteiger partial charge in [0.1, 0.15) is 0 Å². The van der Waals surface area contributed by atoms with E-state index in [1.165, 1.54) is 0 Å². The molecule has 2 atom stereocenters. The second kappa shape index (κ2) is 8.47. The summed E-state index contributed by atoms with van der Waals surface area (Å²) in [5.74, 6) is -1.51. The molecule has 0 aliphatic carbocycles. The second-order valence-corrected chi connectivity index (χ2v) is 4.35. The first-order valence-corrected chi connectivity index (χ1v) is 6.39. The van der Waals surface area contributed by atoms with E-state index in [4.69, 9.17) is 5.11 Å². The molecule has 3 N–H and O–H groups in total. The maximum absolute atomic E-state index is 11.9. The SMILES string of the molecule is CCNC(=O)NC(=O)C(C)N(CC(=O)O)C(C)CC. The van der Waals surface area contributed by atoms with Crippen LogP contribution in [-0.4, -0.2) is 53.1 Å². The van der Waals surface area contributed by atoms with E-state index in [0.717, 1.165) is 0 Å². The van der Waals surface area contributed by atoms with Gasteiger partial charge in [0.25, 0.3) is 0 Å². The fourth-order valence-corrected chi connectivity index (χ4v) is 1.64. The average Bonchev–Trinajstić information content (AvgIpc) is 2.34. The Morgan fingerprint density at radius 2 is 1.79 bits per heavy atom. The van der Waals surface area contributed by atoms with Crippen LogP contribution in [0.25, 0.3) is 0 Å². The van der Waals surface area contributed by atoms with Crippen LogP contribution in [0.2, 0.25) is 0 Å². The molecule has 19 heavy (non-hydrogen) atoms. The molecule has 0 aromatic rings. The number of carbonyl (C=O) groups is 3. The molecule has 3 amide bonds. The minimum absolute atomic E-state index is 0.0638. The summed E-state index contributed by atoms with van der Waals surface area (Å²) < 4.78 is 0. The van der Waals surface area contributed by atoms with Gasteiger partial charge in [-0.1, -0.05) is 6.92 Å². The molecule has 0 aromatic carbocycles. The van der Waals surface area contributed by atoms with Gasteiger partial charge in [0.15, 0.2) is 0 Å². The molecule has 0 aliphatic rings. The highest BCUT2D eigenvalue weighted by molar-refractivity contribution is 5.96. The summed E-state index contributed by atoms with van der Waals surface area (Å²) in [5.41, 5.74) is 0. The molecule has 0 fully saturated rings. The van der Waals surface area contributed by atoms with Gasteiger partial charge < -0.3 is 10.4 Å². The van der Waals surface area contributed by atoms with Crippen molar-refractivity contribution in [1.82, 2.24) is 15.5 Å². The number of nitrogens with one attached hydrogen (secondary N) is 2. The van der Waals surface area contributed by atoms with Crippen molar-refractivity contribution < 1.29 is 19.5 Å². The van der Waals surface area contributed by atoms with Crippen molar-refractivity contribution in [3.8, 4) is 0 Å². The Balaban J connectivity index is 4.68. The number of amides is 3. The molecule has 0 saturated carbocycles. The normalized spacial score (nSPS) is 13.7. The Morgan fingerprint density at radius 3 is 2.21 bits per heavy atom. The van der Waals surface area contributed by atoms with E-state index < -0.39 is 23.9 Å². The summed E-state index contributed by atoms with van der Waals surface area (Å²) in [6.07, 6.45) is 0.714. The summed E-state index contributed by atoms with van der Waals surface area (Å²) >= 11 is 0. The van der Waals surface area contributed by atoms with Gasteiger partial charge in [0.05, 0.1) is 12.6 Å². The Bertz CT molecular complexity index is 333. The van der Waals surface area contributed by atoms with Crippen molar-refractivity contribution in [2.75, 3.05) is 13.1 Å². The highest BCUT2D eigenvalue weighted by Gasteiger charge is 2.27. The maximum atomic E-state index is 11.9. The smallest absolute Gasteiger partial charge is 0.321 e. The quantitative estimate of drug-likeness (QED) is 0.624. The third-order valence-electron chi connectivity index (χ3n) is 2.93. The Labute approximate surface area is 113 Å². The molecule has 0 rings (SSSR count). The lowest BCUT2D eigenvalue weighted by Gasteiger charge is -2.31. The van der Waals surface area contributed by atoms with Gasteiger partial charge in [-0.25, -0.2) is 4.79 Å². The first kappa shape index (κ1) is 17.4. The number of carbonyl (C=O) groups excluding carboxylic acids is 2. The lowest BCUT2D eigenvalue weighted by atomic mass is 10.1. The molecule has 0 bridgehead atoms. The number of hydrogen-bond donors (Lipinski definition) is 3. The monoisotopic (exact) mass is 273 g/mol. The first-order chi connectivity index (χ1) is 8.83. The van der Waals surface area contributed by atoms with Gasteiger partial charge in [-0.3, -0.25) is 19.8 Å². The van der Waals surface area contributed by atoms with E-state index >= 15 is 0 Å². The van der Waals surface area contributed by atoms with Crippen LogP contribution in [0.3, 0.4) is 0 Å². The number of carboxylic acid groups (broad SMARTS) is 1. The van der Waals surface area contributed by atoms with Crippen LogP contribution in [0, 0.1) is 0 Å². The molecular formula is C12H23N3O4. The number of rotatable bonds is 7. The number of urea groups is 1. The maximum Gasteiger partial charge on any atom is 0.321 e. The van der Waals surface area contributed by atoms with E-state index in [1.807, 2.05) is 13.8 Å². The summed E-state index contributed by atoms with van der Waals surface area (Å²) in [6.45, 7) is 7.26. The van der Waals surface area contributed by atoms with E-state index in [2.05, 4.69) is 10.6 Å². The van der Waals surface area contributed by atoms with Crippen LogP contribution in [0.1, 0.15) is 34.1 Å². The molecule has 0 spiro atoms. The summed E-state index contributed by atoms with van der Waals surface area (Å²) in [6, 6.07) is -1.32. The molecule has 0 aliphatic heterocycles. The van der Waals surface area contributed by atoms with Crippen molar-refractivity contribution >= 4 is 17.9 Å². The lowest BCUT2D eigenvalue weighted by molar-refractivity contribution is -0.140. The van der Waals surface area contributed by atoms with E-state index in [9.17, 15) is 14.4 Å². The van der Waals surface area contributed by atoms with Crippen molar-refractivity contribution in [3.05, 3.63) is 0 Å². The van der Waals surface area contributed by atoms with E-state index in [0.29, 0.717) is 13.0 Å². The van der Waals surface area contributed by atoms with Gasteiger partial charge >= 0.3 is 12.0 Å². The van der Waals surface area contributed by atoms with Crippen LogP contribution in [-0.2, 0) is 9.59 Å². The molecular weight excluding hydrogens is 250 g/mol. The molecule has 0 heterocycles. The minimum atomic E-state index is -1.00. The highest BCUT2D eigenvalue weighted by Crippen LogP contribution is 2.08. The van der Waals surface area contributed by atoms with Crippen LogP contribution in [0.15, 0.2) is 0 Å².